The van der Waals surface area contributed by atoms with E-state index in [-0.39, 0.29) is 56.2 Å². The van der Waals surface area contributed by atoms with Gasteiger partial charge in [0.15, 0.2) is 5.96 Å². The van der Waals surface area contributed by atoms with Crippen LogP contribution in [0, 0.1) is 17.7 Å². The molecule has 1 aromatic heterocycles. The summed E-state index contributed by atoms with van der Waals surface area (Å²) >= 11 is 0. The fraction of sp³-hybridized carbons (Fsp3) is 0.381. The van der Waals surface area contributed by atoms with Gasteiger partial charge in [-0.25, -0.2) is 4.39 Å². The van der Waals surface area contributed by atoms with Crippen molar-refractivity contribution in [1.29, 1.82) is 0 Å². The van der Waals surface area contributed by atoms with Gasteiger partial charge in [-0.3, -0.25) is 29.0 Å². The summed E-state index contributed by atoms with van der Waals surface area (Å²) in [6, 6.07) is 18.2. The normalized spacial score (nSPS) is 13.7. The second-order valence-corrected chi connectivity index (χ2v) is 14.7. The summed E-state index contributed by atoms with van der Waals surface area (Å²) in [4.78, 5) is 73.8. The molecule has 0 saturated heterocycles. The number of H-pyrrole nitrogens is 1. The average Bonchev–Trinajstić information content (AvgIpc) is 3.60. The number of para-hydroxylation sites is 1. The number of hydrogen-bond acceptors (Lipinski definition) is 7. The van der Waals surface area contributed by atoms with Crippen molar-refractivity contribution in [2.75, 3.05) is 13.1 Å². The minimum absolute atomic E-state index is 0.0130. The van der Waals surface area contributed by atoms with E-state index in [1.807, 2.05) is 44.2 Å². The summed E-state index contributed by atoms with van der Waals surface area (Å²) in [6.45, 7) is 3.76. The molecule has 4 rings (SSSR count). The third kappa shape index (κ3) is 14.0. The quantitative estimate of drug-likeness (QED) is 0.0322. The number of halogens is 1. The molecular weight excluding hydrogens is 746 g/mol. The van der Waals surface area contributed by atoms with Crippen molar-refractivity contribution in [3.8, 4) is 0 Å². The van der Waals surface area contributed by atoms with Gasteiger partial charge in [0.1, 0.15) is 23.9 Å². The third-order valence-electron chi connectivity index (χ3n) is 9.54. The van der Waals surface area contributed by atoms with Crippen molar-refractivity contribution >= 4 is 46.4 Å². The SMILES string of the molecule is CC(C)CC(C[C@@H](O)CNC(=O)[C@H](Cc1ccccc1)NC(=O)c1ccc(F)cc1)C(=O)N[C@@H](CCCN=C(N)N)C(=O)N[C@@H](Cc1c[nH]c2ccccc12)C(N)=O. The molecule has 0 aliphatic rings. The van der Waals surface area contributed by atoms with Crippen LogP contribution in [0.25, 0.3) is 10.9 Å². The van der Waals surface area contributed by atoms with E-state index >= 15 is 0 Å². The first kappa shape index (κ1) is 44.4. The number of hydrogen-bond donors (Lipinski definition) is 9. The molecule has 3 aromatic carbocycles. The number of guanidine groups is 1. The molecular formula is C42H54FN9O6. The van der Waals surface area contributed by atoms with Crippen LogP contribution in [0.15, 0.2) is 90.1 Å². The Kier molecular flexibility index (Phi) is 16.7. The van der Waals surface area contributed by atoms with Crippen molar-refractivity contribution in [3.63, 3.8) is 0 Å². The van der Waals surface area contributed by atoms with Crippen molar-refractivity contribution < 1.29 is 33.5 Å². The van der Waals surface area contributed by atoms with Crippen LogP contribution in [-0.4, -0.2) is 82.9 Å². The van der Waals surface area contributed by atoms with Gasteiger partial charge in [-0.1, -0.05) is 62.4 Å². The molecule has 0 bridgehead atoms. The monoisotopic (exact) mass is 799 g/mol. The van der Waals surface area contributed by atoms with E-state index in [0.29, 0.717) is 12.8 Å². The van der Waals surface area contributed by atoms with Crippen molar-refractivity contribution in [2.24, 2.45) is 34.0 Å². The standard InChI is InChI=1S/C42H54FN9O6/c1-25(2)19-28(21-31(53)24-49-40(57)36(20-26-9-4-3-5-10-26)52-38(55)27-14-16-30(43)17-15-27)39(56)50-34(13-8-18-47-42(45)46)41(58)51-35(37(44)54)22-29-23-48-33-12-7-6-11-32(29)33/h3-7,9-12,14-17,23,25,28,31,34-36,48,53H,8,13,18-22,24H2,1-2H3,(H2,44,54)(H,49,57)(H,50,56)(H,51,58)(H,52,55)(H4,45,46,47)/t28?,31-,34+,35+,36+/m1/s1. The van der Waals surface area contributed by atoms with Crippen molar-refractivity contribution in [1.82, 2.24) is 26.3 Å². The number of nitrogens with one attached hydrogen (secondary N) is 5. The fourth-order valence-corrected chi connectivity index (χ4v) is 6.61. The molecule has 0 aliphatic carbocycles. The van der Waals surface area contributed by atoms with E-state index in [2.05, 4.69) is 31.2 Å². The molecule has 310 valence electrons. The number of aliphatic hydroxyl groups excluding tert-OH is 1. The number of nitrogens with two attached hydrogens (primary N) is 3. The summed E-state index contributed by atoms with van der Waals surface area (Å²) in [5, 5.41) is 22.9. The number of carbonyl (C=O) groups is 5. The number of fused-ring (bicyclic) bond motifs is 1. The zero-order chi connectivity index (χ0) is 42.2. The smallest absolute Gasteiger partial charge is 0.251 e. The Morgan fingerprint density at radius 3 is 2.12 bits per heavy atom. The number of aliphatic hydroxyl groups is 1. The zero-order valence-corrected chi connectivity index (χ0v) is 32.7. The van der Waals surface area contributed by atoms with Gasteiger partial charge in [0.05, 0.1) is 6.10 Å². The van der Waals surface area contributed by atoms with Crippen molar-refractivity contribution in [3.05, 3.63) is 108 Å². The summed E-state index contributed by atoms with van der Waals surface area (Å²) in [5.41, 5.74) is 19.2. The van der Waals surface area contributed by atoms with Gasteiger partial charge in [0.25, 0.3) is 5.91 Å². The lowest BCUT2D eigenvalue weighted by atomic mass is 9.90. The van der Waals surface area contributed by atoms with E-state index in [0.717, 1.165) is 34.2 Å². The summed E-state index contributed by atoms with van der Waals surface area (Å²) in [6.07, 6.45) is 1.51. The molecule has 5 atom stereocenters. The summed E-state index contributed by atoms with van der Waals surface area (Å²) < 4.78 is 13.5. The average molecular weight is 800 g/mol. The Labute approximate surface area is 336 Å². The number of primary amides is 1. The fourth-order valence-electron chi connectivity index (χ4n) is 6.61. The Balaban J connectivity index is 1.43. The number of benzene rings is 3. The highest BCUT2D eigenvalue weighted by Crippen LogP contribution is 2.21. The number of nitrogens with zero attached hydrogens (tertiary/aromatic N) is 1. The van der Waals surface area contributed by atoms with Crippen molar-refractivity contribution in [2.45, 2.75) is 76.6 Å². The number of amides is 5. The Morgan fingerprint density at radius 1 is 0.776 bits per heavy atom. The zero-order valence-electron chi connectivity index (χ0n) is 32.7. The van der Waals surface area contributed by atoms with Crippen LogP contribution >= 0.6 is 0 Å². The van der Waals surface area contributed by atoms with Crippen LogP contribution in [0.3, 0.4) is 0 Å². The second-order valence-electron chi connectivity index (χ2n) is 14.7. The lowest BCUT2D eigenvalue weighted by molar-refractivity contribution is -0.133. The molecule has 1 unspecified atom stereocenters. The lowest BCUT2D eigenvalue weighted by Gasteiger charge is -2.26. The first-order valence-electron chi connectivity index (χ1n) is 19.3. The molecule has 0 fully saturated rings. The van der Waals surface area contributed by atoms with E-state index in [1.165, 1.54) is 12.1 Å². The molecule has 58 heavy (non-hydrogen) atoms. The number of rotatable bonds is 22. The van der Waals surface area contributed by atoms with Crippen LogP contribution in [0.4, 0.5) is 4.39 Å². The van der Waals surface area contributed by atoms with Gasteiger partial charge in [-0.15, -0.1) is 0 Å². The molecule has 15 nitrogen and oxygen atoms in total. The lowest BCUT2D eigenvalue weighted by Crippen LogP contribution is -2.54. The molecule has 0 radical (unpaired) electrons. The summed E-state index contributed by atoms with van der Waals surface area (Å²) in [5.74, 6) is -4.46. The topological polar surface area (TPSA) is 260 Å². The molecule has 1 heterocycles. The maximum atomic E-state index is 13.9. The van der Waals surface area contributed by atoms with Gasteiger partial charge in [-0.05, 0) is 73.1 Å². The summed E-state index contributed by atoms with van der Waals surface area (Å²) in [7, 11) is 0. The van der Waals surface area contributed by atoms with E-state index in [1.54, 1.807) is 30.5 Å². The van der Waals surface area contributed by atoms with Crippen LogP contribution in [0.2, 0.25) is 0 Å². The van der Waals surface area contributed by atoms with Crippen LogP contribution < -0.4 is 38.5 Å². The Bertz CT molecular complexity index is 2020. The molecule has 0 aliphatic heterocycles. The van der Waals surface area contributed by atoms with Crippen LogP contribution in [0.5, 0.6) is 0 Å². The molecule has 4 aromatic rings. The van der Waals surface area contributed by atoms with Gasteiger partial charge >= 0.3 is 0 Å². The van der Waals surface area contributed by atoms with Crippen LogP contribution in [0.1, 0.15) is 61.0 Å². The third-order valence-corrected chi connectivity index (χ3v) is 9.54. The predicted molar refractivity (Wildman–Crippen MR) is 219 cm³/mol. The number of aliphatic imine (C=N–C) groups is 1. The maximum absolute atomic E-state index is 13.9. The molecule has 16 heteroatoms. The highest BCUT2D eigenvalue weighted by molar-refractivity contribution is 5.97. The van der Waals surface area contributed by atoms with Crippen LogP contribution in [-0.2, 0) is 32.0 Å². The van der Waals surface area contributed by atoms with E-state index in [4.69, 9.17) is 17.2 Å². The van der Waals surface area contributed by atoms with E-state index < -0.39 is 65.5 Å². The number of aromatic amines is 1. The largest absolute Gasteiger partial charge is 0.391 e. The minimum Gasteiger partial charge on any atom is -0.391 e. The molecule has 0 saturated carbocycles. The highest BCUT2D eigenvalue weighted by atomic mass is 19.1. The minimum atomic E-state index is -1.19. The van der Waals surface area contributed by atoms with Gasteiger partial charge in [0.2, 0.25) is 23.6 Å². The Hall–Kier alpha value is -6.29. The first-order valence-corrected chi connectivity index (χ1v) is 19.3. The number of aromatic nitrogens is 1. The first-order chi connectivity index (χ1) is 27.7. The number of carbonyl (C=O) groups excluding carboxylic acids is 5. The van der Waals surface area contributed by atoms with Gasteiger partial charge in [0, 0.05) is 54.5 Å². The van der Waals surface area contributed by atoms with E-state index in [9.17, 15) is 33.5 Å². The van der Waals surface area contributed by atoms with Gasteiger partial charge in [-0.2, -0.15) is 0 Å². The maximum Gasteiger partial charge on any atom is 0.251 e. The Morgan fingerprint density at radius 2 is 1.45 bits per heavy atom. The van der Waals surface area contributed by atoms with Gasteiger partial charge < -0.3 is 48.6 Å². The predicted octanol–water partition coefficient (Wildman–Crippen LogP) is 1.93. The molecule has 5 amide bonds. The molecule has 12 N–H and O–H groups in total. The second kappa shape index (κ2) is 21.9. The molecule has 0 spiro atoms. The highest BCUT2D eigenvalue weighted by Gasteiger charge is 2.31.